The fourth-order valence-corrected chi connectivity index (χ4v) is 2.23. The number of hydrogen-bond acceptors (Lipinski definition) is 6. The van der Waals surface area contributed by atoms with Gasteiger partial charge < -0.3 is 16.0 Å². The van der Waals surface area contributed by atoms with Crippen LogP contribution in [0.4, 0.5) is 0 Å². The molecule has 9 nitrogen and oxygen atoms in total. The molecule has 0 saturated heterocycles. The Morgan fingerprint density at radius 1 is 1.22 bits per heavy atom. The van der Waals surface area contributed by atoms with Crippen LogP contribution < -0.4 is 22.4 Å². The predicted octanol–water partition coefficient (Wildman–Crippen LogP) is 0.670. The summed E-state index contributed by atoms with van der Waals surface area (Å²) >= 11 is 0. The zero-order valence-corrected chi connectivity index (χ0v) is 17.1. The number of nitrogens with zero attached hydrogens (tertiary/aromatic N) is 3. The number of carbonyl (C=O) groups excluding carboxylic acids is 1. The van der Waals surface area contributed by atoms with E-state index in [0.717, 1.165) is 9.24 Å². The molecular formula is C18H31N5O4. The van der Waals surface area contributed by atoms with Crippen molar-refractivity contribution in [3.63, 3.8) is 0 Å². The first-order valence-corrected chi connectivity index (χ1v) is 9.08. The number of amides is 1. The summed E-state index contributed by atoms with van der Waals surface area (Å²) in [5.41, 5.74) is -0.713. The summed E-state index contributed by atoms with van der Waals surface area (Å²) in [6.07, 6.45) is 1.09. The van der Waals surface area contributed by atoms with Crippen LogP contribution in [0.3, 0.4) is 0 Å². The molecule has 0 fully saturated rings. The standard InChI is InChI=1S/C18H31N5O4/c1-10(2)15(20-16(24)11(3)4)9-22-17(25)14(8-23(19)18(22)26)13(7)21-27-12(5)6/h8,10-12,15H,9,19H2,1-7H3,(H,20,24)/b21-13+/t15-/m1/s1. The van der Waals surface area contributed by atoms with E-state index in [1.807, 2.05) is 27.7 Å². The van der Waals surface area contributed by atoms with Crippen molar-refractivity contribution in [3.8, 4) is 0 Å². The van der Waals surface area contributed by atoms with Crippen molar-refractivity contribution in [1.82, 2.24) is 14.6 Å². The number of carbonyl (C=O) groups is 1. The molecule has 1 heterocycles. The average Bonchev–Trinajstić information content (AvgIpc) is 2.57. The Bertz CT molecular complexity index is 805. The van der Waals surface area contributed by atoms with Gasteiger partial charge in [-0.15, -0.1) is 0 Å². The van der Waals surface area contributed by atoms with Crippen molar-refractivity contribution >= 4 is 11.6 Å². The Balaban J connectivity index is 3.34. The van der Waals surface area contributed by atoms with Crippen molar-refractivity contribution in [2.75, 3.05) is 5.84 Å². The van der Waals surface area contributed by atoms with Crippen LogP contribution in [-0.2, 0) is 16.2 Å². The van der Waals surface area contributed by atoms with Gasteiger partial charge in [-0.25, -0.2) is 9.47 Å². The summed E-state index contributed by atoms with van der Waals surface area (Å²) in [5, 5.41) is 6.80. The van der Waals surface area contributed by atoms with E-state index in [-0.39, 0.29) is 36.0 Å². The number of oxime groups is 1. The number of nitrogens with two attached hydrogens (primary N) is 1. The molecule has 27 heavy (non-hydrogen) atoms. The maximum Gasteiger partial charge on any atom is 0.349 e. The van der Waals surface area contributed by atoms with Crippen LogP contribution in [0.2, 0.25) is 0 Å². The van der Waals surface area contributed by atoms with Gasteiger partial charge in [-0.05, 0) is 26.7 Å². The van der Waals surface area contributed by atoms with Gasteiger partial charge >= 0.3 is 5.69 Å². The molecule has 0 radical (unpaired) electrons. The van der Waals surface area contributed by atoms with Gasteiger partial charge in [0.05, 0.1) is 17.8 Å². The fraction of sp³-hybridized carbons (Fsp3) is 0.667. The number of nitrogen functional groups attached to an aromatic ring is 1. The number of aromatic nitrogens is 2. The summed E-state index contributed by atoms with van der Waals surface area (Å²) in [7, 11) is 0. The van der Waals surface area contributed by atoms with Crippen LogP contribution in [0.1, 0.15) is 54.0 Å². The minimum absolute atomic E-state index is 0.00733. The molecule has 0 bridgehead atoms. The zero-order valence-electron chi connectivity index (χ0n) is 17.1. The molecule has 1 rings (SSSR count). The van der Waals surface area contributed by atoms with Crippen LogP contribution in [0.25, 0.3) is 0 Å². The minimum Gasteiger partial charge on any atom is -0.393 e. The van der Waals surface area contributed by atoms with Crippen molar-refractivity contribution in [2.45, 2.75) is 67.2 Å². The summed E-state index contributed by atoms with van der Waals surface area (Å²) in [5.74, 6) is 5.40. The van der Waals surface area contributed by atoms with E-state index in [0.29, 0.717) is 5.71 Å². The molecule has 0 unspecified atom stereocenters. The molecular weight excluding hydrogens is 350 g/mol. The van der Waals surface area contributed by atoms with Crippen LogP contribution >= 0.6 is 0 Å². The summed E-state index contributed by atoms with van der Waals surface area (Å²) < 4.78 is 1.86. The molecule has 1 aromatic rings. The van der Waals surface area contributed by atoms with Crippen LogP contribution in [0.5, 0.6) is 0 Å². The van der Waals surface area contributed by atoms with E-state index in [1.165, 1.54) is 6.20 Å². The lowest BCUT2D eigenvalue weighted by atomic mass is 10.0. The Morgan fingerprint density at radius 3 is 2.30 bits per heavy atom. The van der Waals surface area contributed by atoms with E-state index < -0.39 is 17.3 Å². The Labute approximate surface area is 159 Å². The first-order chi connectivity index (χ1) is 12.5. The Hall–Kier alpha value is -2.58. The predicted molar refractivity (Wildman–Crippen MR) is 105 cm³/mol. The second-order valence-electron chi connectivity index (χ2n) is 7.49. The van der Waals surface area contributed by atoms with Crippen molar-refractivity contribution in [1.29, 1.82) is 0 Å². The lowest BCUT2D eigenvalue weighted by molar-refractivity contribution is -0.125. The first kappa shape index (κ1) is 22.5. The van der Waals surface area contributed by atoms with Crippen molar-refractivity contribution in [2.24, 2.45) is 17.0 Å². The Morgan fingerprint density at radius 2 is 1.81 bits per heavy atom. The normalized spacial score (nSPS) is 13.3. The first-order valence-electron chi connectivity index (χ1n) is 9.08. The van der Waals surface area contributed by atoms with Gasteiger partial charge in [0.1, 0.15) is 6.10 Å². The molecule has 1 atom stereocenters. The third-order valence-corrected chi connectivity index (χ3v) is 4.02. The van der Waals surface area contributed by atoms with E-state index in [4.69, 9.17) is 10.7 Å². The SMILES string of the molecule is C/C(=N\OC(C)C)c1cn(N)c(=O)n(C[C@@H](NC(=O)C(C)C)C(C)C)c1=O. The van der Waals surface area contributed by atoms with Crippen molar-refractivity contribution in [3.05, 3.63) is 32.6 Å². The Kier molecular flexibility index (Phi) is 7.81. The molecule has 0 aliphatic rings. The molecule has 1 amide bonds. The van der Waals surface area contributed by atoms with Crippen LogP contribution in [0.15, 0.2) is 20.9 Å². The number of hydrogen-bond donors (Lipinski definition) is 2. The molecule has 152 valence electrons. The van der Waals surface area contributed by atoms with E-state index in [1.54, 1.807) is 20.8 Å². The zero-order chi connectivity index (χ0) is 20.9. The third-order valence-electron chi connectivity index (χ3n) is 4.02. The molecule has 0 aliphatic carbocycles. The second kappa shape index (κ2) is 9.38. The van der Waals surface area contributed by atoms with E-state index >= 15 is 0 Å². The van der Waals surface area contributed by atoms with Gasteiger partial charge in [0.2, 0.25) is 5.91 Å². The lowest BCUT2D eigenvalue weighted by Gasteiger charge is -2.24. The summed E-state index contributed by atoms with van der Waals surface area (Å²) in [6, 6.07) is -0.398. The summed E-state index contributed by atoms with van der Waals surface area (Å²) in [4.78, 5) is 42.5. The smallest absolute Gasteiger partial charge is 0.349 e. The van der Waals surface area contributed by atoms with Crippen LogP contribution in [0, 0.1) is 11.8 Å². The van der Waals surface area contributed by atoms with Gasteiger partial charge in [-0.3, -0.25) is 14.2 Å². The second-order valence-corrected chi connectivity index (χ2v) is 7.49. The number of rotatable bonds is 8. The maximum absolute atomic E-state index is 12.9. The van der Waals surface area contributed by atoms with Gasteiger partial charge in [-0.1, -0.05) is 32.9 Å². The quantitative estimate of drug-likeness (QED) is 0.389. The minimum atomic E-state index is -0.661. The topological polar surface area (TPSA) is 121 Å². The largest absolute Gasteiger partial charge is 0.393 e. The molecule has 0 saturated carbocycles. The third kappa shape index (κ3) is 5.97. The molecule has 1 aromatic heterocycles. The molecule has 0 aliphatic heterocycles. The van der Waals surface area contributed by atoms with Gasteiger partial charge in [0.25, 0.3) is 5.56 Å². The highest BCUT2D eigenvalue weighted by molar-refractivity contribution is 5.97. The highest BCUT2D eigenvalue weighted by atomic mass is 16.6. The average molecular weight is 381 g/mol. The molecule has 0 aromatic carbocycles. The van der Waals surface area contributed by atoms with Gasteiger partial charge in [0, 0.05) is 18.2 Å². The lowest BCUT2D eigenvalue weighted by Crippen LogP contribution is -2.51. The highest BCUT2D eigenvalue weighted by Gasteiger charge is 2.22. The van der Waals surface area contributed by atoms with Crippen LogP contribution in [-0.4, -0.2) is 33.0 Å². The molecule has 0 spiro atoms. The fourth-order valence-electron chi connectivity index (χ4n) is 2.23. The molecule has 3 N–H and O–H groups in total. The highest BCUT2D eigenvalue weighted by Crippen LogP contribution is 2.06. The van der Waals surface area contributed by atoms with Gasteiger partial charge in [0.15, 0.2) is 0 Å². The van der Waals surface area contributed by atoms with Crippen molar-refractivity contribution < 1.29 is 9.63 Å². The van der Waals surface area contributed by atoms with E-state index in [2.05, 4.69) is 10.5 Å². The monoisotopic (exact) mass is 381 g/mol. The number of nitrogens with one attached hydrogen (secondary N) is 1. The maximum atomic E-state index is 12.9. The summed E-state index contributed by atoms with van der Waals surface area (Å²) in [6.45, 7) is 12.6. The van der Waals surface area contributed by atoms with E-state index in [9.17, 15) is 14.4 Å². The molecule has 9 heteroatoms. The van der Waals surface area contributed by atoms with Gasteiger partial charge in [-0.2, -0.15) is 0 Å².